The third-order valence-corrected chi connectivity index (χ3v) is 5.11. The van der Waals surface area contributed by atoms with Gasteiger partial charge in [0.05, 0.1) is 16.3 Å². The van der Waals surface area contributed by atoms with Gasteiger partial charge in [0.2, 0.25) is 11.7 Å². The van der Waals surface area contributed by atoms with Crippen molar-refractivity contribution in [2.45, 2.75) is 13.5 Å². The van der Waals surface area contributed by atoms with Crippen LogP contribution in [-0.4, -0.2) is 32.0 Å². The summed E-state index contributed by atoms with van der Waals surface area (Å²) in [6, 6.07) is 18.3. The Labute approximate surface area is 176 Å². The number of aromatic nitrogens is 4. The molecule has 0 aliphatic rings. The number of carbonyl (C=O) groups is 2. The Morgan fingerprint density at radius 1 is 0.967 bits per heavy atom. The van der Waals surface area contributed by atoms with Crippen molar-refractivity contribution in [3.8, 4) is 11.4 Å². The molecule has 4 aromatic rings. The van der Waals surface area contributed by atoms with Crippen LogP contribution < -0.4 is 10.6 Å². The Morgan fingerprint density at radius 2 is 1.70 bits per heavy atom. The van der Waals surface area contributed by atoms with E-state index in [0.717, 1.165) is 11.1 Å². The molecule has 0 spiro atoms. The first kappa shape index (κ1) is 19.5. The van der Waals surface area contributed by atoms with Gasteiger partial charge in [0.25, 0.3) is 5.91 Å². The Bertz CT molecular complexity index is 1170. The van der Waals surface area contributed by atoms with Crippen molar-refractivity contribution < 1.29 is 9.59 Å². The summed E-state index contributed by atoms with van der Waals surface area (Å²) in [5, 5.41) is 19.7. The summed E-state index contributed by atoms with van der Waals surface area (Å²) in [6.07, 6.45) is 0. The van der Waals surface area contributed by atoms with Crippen molar-refractivity contribution in [3.63, 3.8) is 0 Å². The van der Waals surface area contributed by atoms with E-state index in [2.05, 4.69) is 26.0 Å². The molecule has 8 nitrogen and oxygen atoms in total. The lowest BCUT2D eigenvalue weighted by atomic mass is 10.1. The van der Waals surface area contributed by atoms with E-state index in [4.69, 9.17) is 0 Å². The van der Waals surface area contributed by atoms with Crippen molar-refractivity contribution in [1.29, 1.82) is 0 Å². The highest BCUT2D eigenvalue weighted by molar-refractivity contribution is 7.12. The zero-order valence-electron chi connectivity index (χ0n) is 16.1. The molecule has 0 atom stereocenters. The molecule has 0 radical (unpaired) electrons. The zero-order valence-corrected chi connectivity index (χ0v) is 16.9. The highest BCUT2D eigenvalue weighted by atomic mass is 32.1. The number of nitrogens with zero attached hydrogens (tertiary/aromatic N) is 4. The number of para-hydroxylation sites is 2. The van der Waals surface area contributed by atoms with Crippen LogP contribution in [0.5, 0.6) is 0 Å². The van der Waals surface area contributed by atoms with E-state index in [1.807, 2.05) is 42.6 Å². The van der Waals surface area contributed by atoms with Crippen LogP contribution in [-0.2, 0) is 11.3 Å². The van der Waals surface area contributed by atoms with Gasteiger partial charge in [-0.1, -0.05) is 48.0 Å². The molecule has 2 aromatic heterocycles. The van der Waals surface area contributed by atoms with Crippen molar-refractivity contribution >= 4 is 34.5 Å². The Morgan fingerprint density at radius 3 is 2.40 bits per heavy atom. The fourth-order valence-electron chi connectivity index (χ4n) is 2.74. The van der Waals surface area contributed by atoms with Gasteiger partial charge in [-0.25, -0.2) is 0 Å². The third kappa shape index (κ3) is 4.58. The van der Waals surface area contributed by atoms with Crippen LogP contribution in [0.1, 0.15) is 15.2 Å². The SMILES string of the molecule is Cc1ccc(-c2nnn(CC(=O)Nc3ccccc3NC(=O)c3cccs3)n2)cc1. The number of carbonyl (C=O) groups excluding carboxylic acids is 2. The van der Waals surface area contributed by atoms with E-state index >= 15 is 0 Å². The molecule has 2 amide bonds. The normalized spacial score (nSPS) is 10.6. The predicted octanol–water partition coefficient (Wildman–Crippen LogP) is 3.60. The van der Waals surface area contributed by atoms with E-state index in [0.29, 0.717) is 22.1 Å². The standard InChI is InChI=1S/C21H18N6O2S/c1-14-8-10-15(11-9-14)20-24-26-27(25-20)13-19(28)22-16-5-2-3-6-17(16)23-21(29)18-7-4-12-30-18/h2-12H,13H2,1H3,(H,22,28)(H,23,29). The van der Waals surface area contributed by atoms with Gasteiger partial charge in [0, 0.05) is 5.56 Å². The molecular formula is C21H18N6O2S. The number of aryl methyl sites for hydroxylation is 1. The van der Waals surface area contributed by atoms with Crippen molar-refractivity contribution in [1.82, 2.24) is 20.2 Å². The summed E-state index contributed by atoms with van der Waals surface area (Å²) < 4.78 is 0. The van der Waals surface area contributed by atoms with Crippen LogP contribution >= 0.6 is 11.3 Å². The smallest absolute Gasteiger partial charge is 0.265 e. The number of hydrogen-bond donors (Lipinski definition) is 2. The van der Waals surface area contributed by atoms with Crippen molar-refractivity contribution in [3.05, 3.63) is 76.5 Å². The number of amides is 2. The lowest BCUT2D eigenvalue weighted by molar-refractivity contribution is -0.117. The summed E-state index contributed by atoms with van der Waals surface area (Å²) in [6.45, 7) is 1.89. The van der Waals surface area contributed by atoms with Crippen LogP contribution in [0.3, 0.4) is 0 Å². The van der Waals surface area contributed by atoms with Crippen LogP contribution in [0.15, 0.2) is 66.0 Å². The van der Waals surface area contributed by atoms with Crippen LogP contribution in [0.2, 0.25) is 0 Å². The van der Waals surface area contributed by atoms with Crippen LogP contribution in [0.4, 0.5) is 11.4 Å². The molecule has 0 fully saturated rings. The number of thiophene rings is 1. The summed E-state index contributed by atoms with van der Waals surface area (Å²) in [4.78, 5) is 26.6. The van der Waals surface area contributed by atoms with Gasteiger partial charge in [0.15, 0.2) is 0 Å². The number of rotatable bonds is 6. The molecule has 0 saturated heterocycles. The average Bonchev–Trinajstić information content (AvgIpc) is 3.42. The number of hydrogen-bond acceptors (Lipinski definition) is 6. The Hall–Kier alpha value is -3.85. The largest absolute Gasteiger partial charge is 0.323 e. The predicted molar refractivity (Wildman–Crippen MR) is 115 cm³/mol. The minimum absolute atomic E-state index is 0.105. The quantitative estimate of drug-likeness (QED) is 0.498. The van der Waals surface area contributed by atoms with E-state index in [-0.39, 0.29) is 18.4 Å². The first-order chi connectivity index (χ1) is 14.6. The topological polar surface area (TPSA) is 102 Å². The second-order valence-electron chi connectivity index (χ2n) is 6.53. The summed E-state index contributed by atoms with van der Waals surface area (Å²) in [5.74, 6) is -0.112. The molecule has 4 rings (SSSR count). The van der Waals surface area contributed by atoms with E-state index < -0.39 is 0 Å². The highest BCUT2D eigenvalue weighted by Gasteiger charge is 2.13. The van der Waals surface area contributed by atoms with Crippen molar-refractivity contribution in [2.75, 3.05) is 10.6 Å². The number of benzene rings is 2. The lowest BCUT2D eigenvalue weighted by Crippen LogP contribution is -2.21. The fraction of sp³-hybridized carbons (Fsp3) is 0.0952. The molecule has 30 heavy (non-hydrogen) atoms. The maximum absolute atomic E-state index is 12.5. The van der Waals surface area contributed by atoms with Gasteiger partial charge >= 0.3 is 0 Å². The Kier molecular flexibility index (Phi) is 5.62. The summed E-state index contributed by atoms with van der Waals surface area (Å²) in [5.41, 5.74) is 2.96. The van der Waals surface area contributed by atoms with Gasteiger partial charge in [-0.2, -0.15) is 4.80 Å². The van der Waals surface area contributed by atoms with E-state index in [1.165, 1.54) is 16.1 Å². The molecule has 0 saturated carbocycles. The number of anilines is 2. The first-order valence-corrected chi connectivity index (χ1v) is 10.0. The van der Waals surface area contributed by atoms with Crippen LogP contribution in [0, 0.1) is 6.92 Å². The summed E-state index contributed by atoms with van der Waals surface area (Å²) >= 11 is 1.35. The minimum Gasteiger partial charge on any atom is -0.323 e. The highest BCUT2D eigenvalue weighted by Crippen LogP contribution is 2.22. The molecular weight excluding hydrogens is 400 g/mol. The molecule has 2 aromatic carbocycles. The van der Waals surface area contributed by atoms with Gasteiger partial charge < -0.3 is 10.6 Å². The lowest BCUT2D eigenvalue weighted by Gasteiger charge is -2.11. The van der Waals surface area contributed by atoms with Crippen molar-refractivity contribution in [2.24, 2.45) is 0 Å². The maximum atomic E-state index is 12.5. The molecule has 0 bridgehead atoms. The Balaban J connectivity index is 1.42. The molecule has 150 valence electrons. The number of nitrogens with one attached hydrogen (secondary N) is 2. The van der Waals surface area contributed by atoms with Crippen LogP contribution in [0.25, 0.3) is 11.4 Å². The fourth-order valence-corrected chi connectivity index (χ4v) is 3.36. The molecule has 0 aliphatic heterocycles. The van der Waals surface area contributed by atoms with E-state index in [9.17, 15) is 9.59 Å². The zero-order chi connectivity index (χ0) is 20.9. The minimum atomic E-state index is -0.333. The molecule has 0 aliphatic carbocycles. The summed E-state index contributed by atoms with van der Waals surface area (Å²) in [7, 11) is 0. The van der Waals surface area contributed by atoms with Gasteiger partial charge in [-0.15, -0.1) is 21.5 Å². The first-order valence-electron chi connectivity index (χ1n) is 9.17. The second-order valence-corrected chi connectivity index (χ2v) is 7.48. The van der Waals surface area contributed by atoms with Gasteiger partial charge in [-0.05, 0) is 35.7 Å². The number of tetrazole rings is 1. The maximum Gasteiger partial charge on any atom is 0.265 e. The molecule has 2 heterocycles. The van der Waals surface area contributed by atoms with E-state index in [1.54, 1.807) is 30.3 Å². The average molecular weight is 418 g/mol. The third-order valence-electron chi connectivity index (χ3n) is 4.24. The molecule has 0 unspecified atom stereocenters. The van der Waals surface area contributed by atoms with Gasteiger partial charge in [0.1, 0.15) is 6.54 Å². The monoisotopic (exact) mass is 418 g/mol. The molecule has 2 N–H and O–H groups in total. The molecule has 9 heteroatoms. The van der Waals surface area contributed by atoms with Gasteiger partial charge in [-0.3, -0.25) is 9.59 Å². The second kappa shape index (κ2) is 8.66.